The van der Waals surface area contributed by atoms with Gasteiger partial charge in [0.2, 0.25) is 0 Å². The molecule has 1 rings (SSSR count). The van der Waals surface area contributed by atoms with Crippen molar-refractivity contribution in [3.05, 3.63) is 24.3 Å². The molecule has 14 heavy (non-hydrogen) atoms. The highest BCUT2D eigenvalue weighted by Crippen LogP contribution is 2.22. The highest BCUT2D eigenvalue weighted by atomic mass is 32.2. The summed E-state index contributed by atoms with van der Waals surface area (Å²) in [5, 5.41) is 10.3. The Balaban J connectivity index is 2.73. The molecule has 0 atom stereocenters. The van der Waals surface area contributed by atoms with E-state index in [1.165, 1.54) is 5.56 Å². The first kappa shape index (κ1) is 11.6. The number of hydrogen-bond donors (Lipinski definition) is 0. The lowest BCUT2D eigenvalue weighted by atomic mass is 10.4. The minimum atomic E-state index is 0.885. The van der Waals surface area contributed by atoms with E-state index >= 15 is 0 Å². The molecule has 0 unspecified atom stereocenters. The minimum Gasteiger partial charge on any atom is -0.143 e. The molecule has 0 saturated carbocycles. The van der Waals surface area contributed by atoms with Gasteiger partial charge < -0.3 is 0 Å². The van der Waals surface area contributed by atoms with E-state index in [0.29, 0.717) is 0 Å². The van der Waals surface area contributed by atoms with Crippen LogP contribution in [0.1, 0.15) is 12.5 Å². The Morgan fingerprint density at radius 2 is 2.21 bits per heavy atom. The molecule has 0 aromatic carbocycles. The third kappa shape index (κ3) is 3.35. The molecule has 4 heteroatoms. The van der Waals surface area contributed by atoms with E-state index in [4.69, 9.17) is 0 Å². The van der Waals surface area contributed by atoms with Crippen molar-refractivity contribution in [1.29, 1.82) is 0 Å². The average Bonchev–Trinajstić information content (AvgIpc) is 2.17. The van der Waals surface area contributed by atoms with Crippen LogP contribution in [0.15, 0.2) is 28.8 Å². The van der Waals surface area contributed by atoms with Crippen molar-refractivity contribution in [2.75, 3.05) is 11.5 Å². The van der Waals surface area contributed by atoms with Crippen LogP contribution < -0.4 is 0 Å². The van der Waals surface area contributed by atoms with Crippen LogP contribution in [0.2, 0.25) is 0 Å². The highest BCUT2D eigenvalue weighted by molar-refractivity contribution is 7.99. The molecule has 0 N–H and O–H groups in total. The quantitative estimate of drug-likeness (QED) is 0.569. The van der Waals surface area contributed by atoms with Crippen molar-refractivity contribution in [2.45, 2.75) is 23.9 Å². The van der Waals surface area contributed by atoms with Crippen LogP contribution >= 0.6 is 23.5 Å². The molecular weight excluding hydrogens is 212 g/mol. The third-order valence-electron chi connectivity index (χ3n) is 1.55. The van der Waals surface area contributed by atoms with E-state index in [0.717, 1.165) is 21.6 Å². The molecule has 1 heterocycles. The van der Waals surface area contributed by atoms with Gasteiger partial charge in [-0.3, -0.25) is 0 Å². The average molecular weight is 226 g/mol. The van der Waals surface area contributed by atoms with Gasteiger partial charge in [-0.05, 0) is 24.3 Å². The van der Waals surface area contributed by atoms with Gasteiger partial charge in [0.25, 0.3) is 0 Å². The van der Waals surface area contributed by atoms with Gasteiger partial charge >= 0.3 is 0 Å². The molecule has 0 spiro atoms. The van der Waals surface area contributed by atoms with Crippen LogP contribution in [0.4, 0.5) is 0 Å². The first-order valence-corrected chi connectivity index (χ1v) is 6.45. The highest BCUT2D eigenvalue weighted by Gasteiger charge is 2.02. The molecule has 0 aliphatic carbocycles. The maximum absolute atomic E-state index is 4.18. The largest absolute Gasteiger partial charge is 0.143 e. The molecule has 0 bridgehead atoms. The Hall–Kier alpha value is -0.480. The molecule has 0 fully saturated rings. The normalized spacial score (nSPS) is 10.1. The van der Waals surface area contributed by atoms with Crippen molar-refractivity contribution >= 4 is 23.5 Å². The second kappa shape index (κ2) is 6.09. The Morgan fingerprint density at radius 1 is 1.43 bits per heavy atom. The molecule has 1 aromatic heterocycles. The van der Waals surface area contributed by atoms with E-state index in [9.17, 15) is 0 Å². The number of thioether (sulfide) groups is 2. The van der Waals surface area contributed by atoms with Crippen LogP contribution in [-0.4, -0.2) is 21.7 Å². The van der Waals surface area contributed by atoms with Gasteiger partial charge in [0.15, 0.2) is 0 Å². The smallest absolute Gasteiger partial charge is 0.122 e. The predicted molar refractivity (Wildman–Crippen MR) is 64.1 cm³/mol. The van der Waals surface area contributed by atoms with Crippen molar-refractivity contribution in [1.82, 2.24) is 10.2 Å². The predicted octanol–water partition coefficient (Wildman–Crippen LogP) is 3.18. The van der Waals surface area contributed by atoms with Crippen molar-refractivity contribution in [3.8, 4) is 0 Å². The second-order valence-corrected chi connectivity index (χ2v) is 5.00. The summed E-state index contributed by atoms with van der Waals surface area (Å²) >= 11 is 3.39. The fourth-order valence-electron chi connectivity index (χ4n) is 0.948. The Labute approximate surface area is 93.6 Å². The molecule has 76 valence electrons. The molecule has 0 radical (unpaired) electrons. The van der Waals surface area contributed by atoms with E-state index in [1.807, 2.05) is 6.08 Å². The topological polar surface area (TPSA) is 25.8 Å². The molecule has 0 amide bonds. The SMILES string of the molecule is C=CCSc1nnc(SCC)cc1C. The van der Waals surface area contributed by atoms with Gasteiger partial charge in [-0.25, -0.2) is 0 Å². The summed E-state index contributed by atoms with van der Waals surface area (Å²) < 4.78 is 0. The van der Waals surface area contributed by atoms with Gasteiger partial charge in [0.1, 0.15) is 10.1 Å². The summed E-state index contributed by atoms with van der Waals surface area (Å²) in [6.07, 6.45) is 1.88. The zero-order valence-electron chi connectivity index (χ0n) is 8.49. The minimum absolute atomic E-state index is 0.885. The van der Waals surface area contributed by atoms with Crippen molar-refractivity contribution < 1.29 is 0 Å². The maximum Gasteiger partial charge on any atom is 0.122 e. The summed E-state index contributed by atoms with van der Waals surface area (Å²) in [4.78, 5) is 0. The summed E-state index contributed by atoms with van der Waals surface area (Å²) in [5.74, 6) is 1.92. The lowest BCUT2D eigenvalue weighted by Gasteiger charge is -2.03. The lowest BCUT2D eigenvalue weighted by molar-refractivity contribution is 0.837. The standard InChI is InChI=1S/C10H14N2S2/c1-4-6-14-10-8(3)7-9(11-12-10)13-5-2/h4,7H,1,5-6H2,2-3H3. The summed E-state index contributed by atoms with van der Waals surface area (Å²) in [6.45, 7) is 7.86. The maximum atomic E-state index is 4.18. The number of aryl methyl sites for hydroxylation is 1. The summed E-state index contributed by atoms with van der Waals surface area (Å²) in [7, 11) is 0. The number of aromatic nitrogens is 2. The summed E-state index contributed by atoms with van der Waals surface area (Å²) in [6, 6.07) is 2.09. The molecule has 0 aliphatic rings. The van der Waals surface area contributed by atoms with Gasteiger partial charge in [0.05, 0.1) is 0 Å². The van der Waals surface area contributed by atoms with Gasteiger partial charge in [-0.1, -0.05) is 13.0 Å². The summed E-state index contributed by atoms with van der Waals surface area (Å²) in [5.41, 5.74) is 1.20. The third-order valence-corrected chi connectivity index (χ3v) is 3.41. The van der Waals surface area contributed by atoms with Crippen LogP contribution in [-0.2, 0) is 0 Å². The Bertz CT molecular complexity index is 313. The zero-order chi connectivity index (χ0) is 10.4. The fourth-order valence-corrected chi connectivity index (χ4v) is 2.26. The van der Waals surface area contributed by atoms with Crippen LogP contribution in [0.3, 0.4) is 0 Å². The molecule has 0 saturated heterocycles. The number of rotatable bonds is 5. The van der Waals surface area contributed by atoms with E-state index < -0.39 is 0 Å². The second-order valence-electron chi connectivity index (χ2n) is 2.70. The van der Waals surface area contributed by atoms with Crippen molar-refractivity contribution in [2.24, 2.45) is 0 Å². The molecule has 2 nitrogen and oxygen atoms in total. The lowest BCUT2D eigenvalue weighted by Crippen LogP contribution is -1.92. The molecular formula is C10H14N2S2. The van der Waals surface area contributed by atoms with E-state index in [1.54, 1.807) is 23.5 Å². The number of nitrogens with zero attached hydrogens (tertiary/aromatic N) is 2. The molecule has 0 aliphatic heterocycles. The van der Waals surface area contributed by atoms with E-state index in [-0.39, 0.29) is 0 Å². The van der Waals surface area contributed by atoms with Gasteiger partial charge in [0, 0.05) is 5.75 Å². The van der Waals surface area contributed by atoms with Crippen LogP contribution in [0.25, 0.3) is 0 Å². The first-order valence-electron chi connectivity index (χ1n) is 4.48. The molecule has 1 aromatic rings. The zero-order valence-corrected chi connectivity index (χ0v) is 10.1. The first-order chi connectivity index (χ1) is 6.77. The Morgan fingerprint density at radius 3 is 2.79 bits per heavy atom. The van der Waals surface area contributed by atoms with Gasteiger partial charge in [-0.2, -0.15) is 0 Å². The fraction of sp³-hybridized carbons (Fsp3) is 0.400. The monoisotopic (exact) mass is 226 g/mol. The van der Waals surface area contributed by atoms with E-state index in [2.05, 4.69) is 36.7 Å². The van der Waals surface area contributed by atoms with Gasteiger partial charge in [-0.15, -0.1) is 40.3 Å². The number of hydrogen-bond acceptors (Lipinski definition) is 4. The van der Waals surface area contributed by atoms with Crippen LogP contribution in [0, 0.1) is 6.92 Å². The van der Waals surface area contributed by atoms with Crippen LogP contribution in [0.5, 0.6) is 0 Å². The Kier molecular flexibility index (Phi) is 5.04. The van der Waals surface area contributed by atoms with Crippen molar-refractivity contribution in [3.63, 3.8) is 0 Å².